The van der Waals surface area contributed by atoms with Gasteiger partial charge in [-0.15, -0.1) is 0 Å². The predicted octanol–water partition coefficient (Wildman–Crippen LogP) is 3.36. The number of nitrogens with one attached hydrogen (secondary N) is 2. The highest BCUT2D eigenvalue weighted by molar-refractivity contribution is 7.90. The minimum Gasteiger partial charge on any atom is -0.352 e. The van der Waals surface area contributed by atoms with Crippen LogP contribution < -0.4 is 10.6 Å². The molecular formula is C23H31ClN4O4S. The summed E-state index contributed by atoms with van der Waals surface area (Å²) in [5.74, 6) is -0.561. The van der Waals surface area contributed by atoms with Crippen molar-refractivity contribution in [3.05, 3.63) is 40.5 Å². The molecular weight excluding hydrogens is 464 g/mol. The highest BCUT2D eigenvalue weighted by Gasteiger charge is 2.39. The Morgan fingerprint density at radius 2 is 1.94 bits per heavy atom. The van der Waals surface area contributed by atoms with Crippen molar-refractivity contribution in [3.8, 4) is 0 Å². The molecule has 2 atom stereocenters. The third kappa shape index (κ3) is 5.94. The summed E-state index contributed by atoms with van der Waals surface area (Å²) in [6.45, 7) is 6.05. The molecule has 8 nitrogen and oxygen atoms in total. The fourth-order valence-electron chi connectivity index (χ4n) is 4.69. The summed E-state index contributed by atoms with van der Waals surface area (Å²) < 4.78 is 30.8. The predicted molar refractivity (Wildman–Crippen MR) is 125 cm³/mol. The second-order valence-corrected chi connectivity index (χ2v) is 12.3. The molecule has 1 amide bonds. The maximum atomic E-state index is 12.8. The van der Waals surface area contributed by atoms with Crippen molar-refractivity contribution in [2.24, 2.45) is 5.41 Å². The Balaban J connectivity index is 1.34. The standard InChI is InChI=1S/C23H31ClN4O4S/c1-14-5-4-6-17(24)22(14)33(30,31)13-19-27-21(32-28-19)11-20(29)26-18-10-9-16(12-23(18,2)3)25-15-7-8-15/h4-6,15-16,18,25H,7-13H2,1-3H3,(H,26,29). The van der Waals surface area contributed by atoms with Gasteiger partial charge in [0, 0.05) is 18.1 Å². The fraction of sp³-hybridized carbons (Fsp3) is 0.609. The van der Waals surface area contributed by atoms with Gasteiger partial charge in [-0.3, -0.25) is 4.79 Å². The molecule has 180 valence electrons. The normalized spacial score (nSPS) is 22.8. The SMILES string of the molecule is Cc1cccc(Cl)c1S(=O)(=O)Cc1noc(CC(=O)NC2CCC(NC3CC3)CC2(C)C)n1. The van der Waals surface area contributed by atoms with E-state index in [2.05, 4.69) is 34.6 Å². The summed E-state index contributed by atoms with van der Waals surface area (Å²) in [5, 5.41) is 10.7. The van der Waals surface area contributed by atoms with E-state index in [0.29, 0.717) is 17.6 Å². The maximum Gasteiger partial charge on any atom is 0.236 e. The number of aryl methyl sites for hydroxylation is 1. The Hall–Kier alpha value is -1.97. The van der Waals surface area contributed by atoms with Gasteiger partial charge in [-0.25, -0.2) is 8.42 Å². The van der Waals surface area contributed by atoms with Gasteiger partial charge in [0.1, 0.15) is 12.2 Å². The number of carbonyl (C=O) groups is 1. The summed E-state index contributed by atoms with van der Waals surface area (Å²) in [7, 11) is -3.76. The zero-order valence-electron chi connectivity index (χ0n) is 19.2. The molecule has 2 aliphatic carbocycles. The minimum absolute atomic E-state index is 0.00380. The van der Waals surface area contributed by atoms with Crippen LogP contribution in [0.3, 0.4) is 0 Å². The van der Waals surface area contributed by atoms with Gasteiger partial charge >= 0.3 is 0 Å². The molecule has 2 aliphatic rings. The number of amides is 1. The summed E-state index contributed by atoms with van der Waals surface area (Å²) in [5.41, 5.74) is 0.525. The van der Waals surface area contributed by atoms with Crippen LogP contribution in [0.5, 0.6) is 0 Å². The zero-order valence-corrected chi connectivity index (χ0v) is 20.8. The Morgan fingerprint density at radius 1 is 1.21 bits per heavy atom. The summed E-state index contributed by atoms with van der Waals surface area (Å²) in [4.78, 5) is 16.8. The van der Waals surface area contributed by atoms with Gasteiger partial charge in [-0.1, -0.05) is 42.7 Å². The number of hydrogen-bond acceptors (Lipinski definition) is 7. The molecule has 0 aliphatic heterocycles. The van der Waals surface area contributed by atoms with Crippen LogP contribution in [0.2, 0.25) is 5.02 Å². The van der Waals surface area contributed by atoms with Crippen LogP contribution in [-0.4, -0.2) is 42.6 Å². The molecule has 2 aromatic rings. The first kappa shape index (κ1) is 24.2. The molecule has 0 radical (unpaired) electrons. The smallest absolute Gasteiger partial charge is 0.236 e. The number of rotatable bonds is 8. The van der Waals surface area contributed by atoms with Gasteiger partial charge in [-0.2, -0.15) is 4.98 Å². The molecule has 4 rings (SSSR count). The number of carbonyl (C=O) groups excluding carboxylic acids is 1. The fourth-order valence-corrected chi connectivity index (χ4v) is 6.79. The van der Waals surface area contributed by atoms with Gasteiger partial charge in [0.2, 0.25) is 11.8 Å². The highest BCUT2D eigenvalue weighted by atomic mass is 35.5. The van der Waals surface area contributed by atoms with Crippen LogP contribution in [0.4, 0.5) is 0 Å². The zero-order chi connectivity index (χ0) is 23.8. The van der Waals surface area contributed by atoms with Gasteiger partial charge in [-0.05, 0) is 56.1 Å². The highest BCUT2D eigenvalue weighted by Crippen LogP contribution is 2.37. The third-order valence-corrected chi connectivity index (χ3v) is 8.75. The summed E-state index contributed by atoms with van der Waals surface area (Å²) in [6.07, 6.45) is 5.40. The number of halogens is 1. The van der Waals surface area contributed by atoms with Crippen LogP contribution >= 0.6 is 11.6 Å². The Labute approximate surface area is 199 Å². The van der Waals surface area contributed by atoms with E-state index in [1.54, 1.807) is 19.1 Å². The van der Waals surface area contributed by atoms with E-state index >= 15 is 0 Å². The van der Waals surface area contributed by atoms with Crippen LogP contribution in [0.1, 0.15) is 63.2 Å². The number of sulfone groups is 1. The second kappa shape index (κ2) is 9.35. The van der Waals surface area contributed by atoms with Crippen molar-refractivity contribution in [2.75, 3.05) is 0 Å². The number of nitrogens with zero attached hydrogens (tertiary/aromatic N) is 2. The van der Waals surface area contributed by atoms with Crippen LogP contribution in [0, 0.1) is 12.3 Å². The molecule has 1 heterocycles. The molecule has 2 unspecified atom stereocenters. The van der Waals surface area contributed by atoms with Crippen molar-refractivity contribution in [3.63, 3.8) is 0 Å². The largest absolute Gasteiger partial charge is 0.352 e. The molecule has 0 bridgehead atoms. The van der Waals surface area contributed by atoms with Crippen molar-refractivity contribution >= 4 is 27.3 Å². The molecule has 10 heteroatoms. The summed E-state index contributed by atoms with van der Waals surface area (Å²) in [6, 6.07) is 6.15. The van der Waals surface area contributed by atoms with Crippen molar-refractivity contribution < 1.29 is 17.7 Å². The lowest BCUT2D eigenvalue weighted by atomic mass is 9.71. The quantitative estimate of drug-likeness (QED) is 0.578. The molecule has 2 saturated carbocycles. The van der Waals surface area contributed by atoms with Gasteiger partial charge in [0.15, 0.2) is 15.7 Å². The third-order valence-electron chi connectivity index (χ3n) is 6.52. The molecule has 0 saturated heterocycles. The molecule has 0 spiro atoms. The molecule has 33 heavy (non-hydrogen) atoms. The van der Waals surface area contributed by atoms with E-state index in [-0.39, 0.29) is 45.4 Å². The second-order valence-electron chi connectivity index (χ2n) is 9.95. The molecule has 1 aromatic carbocycles. The first-order valence-corrected chi connectivity index (χ1v) is 13.4. The van der Waals surface area contributed by atoms with Crippen molar-refractivity contribution in [1.29, 1.82) is 0 Å². The Morgan fingerprint density at radius 3 is 2.61 bits per heavy atom. The lowest BCUT2D eigenvalue weighted by Crippen LogP contribution is -2.52. The average molecular weight is 495 g/mol. The van der Waals surface area contributed by atoms with Gasteiger partial charge in [0.05, 0.1) is 9.92 Å². The maximum absolute atomic E-state index is 12.8. The van der Waals surface area contributed by atoms with Crippen molar-refractivity contribution in [2.45, 2.75) is 88.1 Å². The molecule has 2 N–H and O–H groups in total. The average Bonchev–Trinajstić information content (AvgIpc) is 3.41. The van der Waals surface area contributed by atoms with E-state index in [1.807, 2.05) is 0 Å². The van der Waals surface area contributed by atoms with E-state index in [4.69, 9.17) is 16.1 Å². The van der Waals surface area contributed by atoms with E-state index < -0.39 is 15.6 Å². The lowest BCUT2D eigenvalue weighted by molar-refractivity contribution is -0.122. The molecule has 2 fully saturated rings. The van der Waals surface area contributed by atoms with E-state index in [9.17, 15) is 13.2 Å². The van der Waals surface area contributed by atoms with E-state index in [0.717, 1.165) is 19.3 Å². The van der Waals surface area contributed by atoms with E-state index in [1.165, 1.54) is 18.9 Å². The Bertz CT molecular complexity index is 1110. The number of hydrogen-bond donors (Lipinski definition) is 2. The van der Waals surface area contributed by atoms with Gasteiger partial charge in [0.25, 0.3) is 0 Å². The first-order chi connectivity index (χ1) is 15.5. The van der Waals surface area contributed by atoms with Crippen LogP contribution in [-0.2, 0) is 26.8 Å². The minimum atomic E-state index is -3.76. The monoisotopic (exact) mass is 494 g/mol. The van der Waals surface area contributed by atoms with Crippen LogP contribution in [0.25, 0.3) is 0 Å². The molecule has 1 aromatic heterocycles. The topological polar surface area (TPSA) is 114 Å². The first-order valence-electron chi connectivity index (χ1n) is 11.4. The lowest BCUT2D eigenvalue weighted by Gasteiger charge is -2.43. The number of aromatic nitrogens is 2. The summed E-state index contributed by atoms with van der Waals surface area (Å²) >= 11 is 6.11. The Kier molecular flexibility index (Phi) is 6.85. The van der Waals surface area contributed by atoms with Crippen LogP contribution in [0.15, 0.2) is 27.6 Å². The van der Waals surface area contributed by atoms with Crippen molar-refractivity contribution in [1.82, 2.24) is 20.8 Å². The number of benzene rings is 1. The van der Waals surface area contributed by atoms with Gasteiger partial charge < -0.3 is 15.2 Å².